The Morgan fingerprint density at radius 3 is 2.58 bits per heavy atom. The molecule has 3 heterocycles. The predicted octanol–water partition coefficient (Wildman–Crippen LogP) is 2.96. The summed E-state index contributed by atoms with van der Waals surface area (Å²) in [5, 5.41) is 7.99. The highest BCUT2D eigenvalue weighted by Crippen LogP contribution is 2.31. The largest absolute Gasteiger partial charge is 0.439 e. The standard InChI is InChI=1S/C17H16F3N5O/c18-17(19,20)12-3-4-14-13(10-12)22-16(26-14)11-24-6-8-25(9-7-24)15-2-1-5-21-23-15/h1-5,10H,6-9,11H2. The number of oxazole rings is 1. The first-order valence-corrected chi connectivity index (χ1v) is 8.21. The minimum absolute atomic E-state index is 0.230. The Kier molecular flexibility index (Phi) is 4.23. The number of rotatable bonds is 3. The van der Waals surface area contributed by atoms with Gasteiger partial charge in [-0.1, -0.05) is 0 Å². The van der Waals surface area contributed by atoms with Crippen LogP contribution >= 0.6 is 0 Å². The van der Waals surface area contributed by atoms with Crippen LogP contribution in [0.3, 0.4) is 0 Å². The molecule has 9 heteroatoms. The maximum absolute atomic E-state index is 12.8. The Balaban J connectivity index is 1.42. The molecule has 0 amide bonds. The second kappa shape index (κ2) is 6.56. The maximum Gasteiger partial charge on any atom is 0.416 e. The average Bonchev–Trinajstić information content (AvgIpc) is 3.04. The highest BCUT2D eigenvalue weighted by atomic mass is 19.4. The number of halogens is 3. The van der Waals surface area contributed by atoms with Gasteiger partial charge in [0.15, 0.2) is 11.4 Å². The third kappa shape index (κ3) is 3.48. The first kappa shape index (κ1) is 16.8. The van der Waals surface area contributed by atoms with Gasteiger partial charge < -0.3 is 9.32 Å². The van der Waals surface area contributed by atoms with Crippen LogP contribution in [0.4, 0.5) is 19.0 Å². The molecule has 4 rings (SSSR count). The smallest absolute Gasteiger partial charge is 0.416 e. The summed E-state index contributed by atoms with van der Waals surface area (Å²) in [5.74, 6) is 1.26. The molecule has 3 aromatic rings. The summed E-state index contributed by atoms with van der Waals surface area (Å²) >= 11 is 0. The SMILES string of the molecule is FC(F)(F)c1ccc2oc(CN3CCN(c4cccnn4)CC3)nc2c1. The highest BCUT2D eigenvalue weighted by Gasteiger charge is 2.31. The van der Waals surface area contributed by atoms with Crippen LogP contribution in [-0.2, 0) is 12.7 Å². The van der Waals surface area contributed by atoms with Crippen LogP contribution in [-0.4, -0.2) is 46.3 Å². The molecule has 1 saturated heterocycles. The summed E-state index contributed by atoms with van der Waals surface area (Å²) in [4.78, 5) is 8.51. The van der Waals surface area contributed by atoms with Crippen molar-refractivity contribution < 1.29 is 17.6 Å². The van der Waals surface area contributed by atoms with E-state index in [9.17, 15) is 13.2 Å². The van der Waals surface area contributed by atoms with Crippen molar-refractivity contribution in [1.82, 2.24) is 20.1 Å². The number of piperazine rings is 1. The van der Waals surface area contributed by atoms with Crippen LogP contribution in [0.15, 0.2) is 40.9 Å². The molecule has 136 valence electrons. The van der Waals surface area contributed by atoms with E-state index in [0.29, 0.717) is 18.0 Å². The molecule has 0 aliphatic carbocycles. The third-order valence-electron chi connectivity index (χ3n) is 4.37. The van der Waals surface area contributed by atoms with Gasteiger partial charge in [0.05, 0.1) is 12.1 Å². The van der Waals surface area contributed by atoms with Gasteiger partial charge in [-0.05, 0) is 30.3 Å². The van der Waals surface area contributed by atoms with Gasteiger partial charge >= 0.3 is 6.18 Å². The van der Waals surface area contributed by atoms with Crippen LogP contribution in [0.5, 0.6) is 0 Å². The normalized spacial score (nSPS) is 16.3. The highest BCUT2D eigenvalue weighted by molar-refractivity contribution is 5.73. The summed E-state index contributed by atoms with van der Waals surface area (Å²) < 4.78 is 44.0. The Morgan fingerprint density at radius 2 is 1.88 bits per heavy atom. The van der Waals surface area contributed by atoms with Crippen molar-refractivity contribution >= 4 is 16.9 Å². The van der Waals surface area contributed by atoms with E-state index >= 15 is 0 Å². The number of nitrogens with zero attached hydrogens (tertiary/aromatic N) is 5. The first-order valence-electron chi connectivity index (χ1n) is 8.21. The van der Waals surface area contributed by atoms with Gasteiger partial charge in [-0.3, -0.25) is 4.90 Å². The maximum atomic E-state index is 12.8. The van der Waals surface area contributed by atoms with Gasteiger partial charge in [0.2, 0.25) is 5.89 Å². The number of fused-ring (bicyclic) bond motifs is 1. The Bertz CT molecular complexity index is 888. The molecule has 2 aromatic heterocycles. The van der Waals surface area contributed by atoms with Crippen LogP contribution in [0.1, 0.15) is 11.5 Å². The molecule has 0 spiro atoms. The molecule has 1 aromatic carbocycles. The summed E-state index contributed by atoms with van der Waals surface area (Å²) in [6, 6.07) is 7.12. The van der Waals surface area contributed by atoms with E-state index in [4.69, 9.17) is 4.42 Å². The number of benzene rings is 1. The fraction of sp³-hybridized carbons (Fsp3) is 0.353. The Hall–Kier alpha value is -2.68. The van der Waals surface area contributed by atoms with Crippen LogP contribution in [0, 0.1) is 0 Å². The second-order valence-corrected chi connectivity index (χ2v) is 6.13. The van der Waals surface area contributed by atoms with E-state index in [1.54, 1.807) is 6.20 Å². The molecule has 1 fully saturated rings. The van der Waals surface area contributed by atoms with Crippen molar-refractivity contribution in [3.05, 3.63) is 48.0 Å². The van der Waals surface area contributed by atoms with Crippen LogP contribution < -0.4 is 4.90 Å². The molecule has 0 radical (unpaired) electrons. The van der Waals surface area contributed by atoms with Crippen LogP contribution in [0.2, 0.25) is 0 Å². The minimum atomic E-state index is -4.38. The van der Waals surface area contributed by atoms with Gasteiger partial charge in [0.1, 0.15) is 5.52 Å². The number of aromatic nitrogens is 3. The zero-order valence-corrected chi connectivity index (χ0v) is 13.8. The summed E-state index contributed by atoms with van der Waals surface area (Å²) in [5.41, 5.74) is -0.123. The molecular formula is C17H16F3N5O. The number of anilines is 1. The monoisotopic (exact) mass is 363 g/mol. The predicted molar refractivity (Wildman–Crippen MR) is 88.5 cm³/mol. The Labute approximate surface area is 147 Å². The second-order valence-electron chi connectivity index (χ2n) is 6.13. The average molecular weight is 363 g/mol. The molecular weight excluding hydrogens is 347 g/mol. The van der Waals surface area contributed by atoms with E-state index < -0.39 is 11.7 Å². The van der Waals surface area contributed by atoms with Crippen molar-refractivity contribution in [2.75, 3.05) is 31.1 Å². The van der Waals surface area contributed by atoms with E-state index in [1.807, 2.05) is 12.1 Å². The van der Waals surface area contributed by atoms with Gasteiger partial charge in [0, 0.05) is 32.4 Å². The number of alkyl halides is 3. The van der Waals surface area contributed by atoms with Gasteiger partial charge in [0.25, 0.3) is 0 Å². The lowest BCUT2D eigenvalue weighted by Crippen LogP contribution is -2.46. The molecule has 0 unspecified atom stereocenters. The zero-order chi connectivity index (χ0) is 18.1. The van der Waals surface area contributed by atoms with E-state index in [0.717, 1.165) is 44.1 Å². The number of hydrogen-bond donors (Lipinski definition) is 0. The third-order valence-corrected chi connectivity index (χ3v) is 4.37. The topological polar surface area (TPSA) is 58.3 Å². The van der Waals surface area contributed by atoms with Crippen LogP contribution in [0.25, 0.3) is 11.1 Å². The quantitative estimate of drug-likeness (QED) is 0.713. The molecule has 1 aliphatic heterocycles. The van der Waals surface area contributed by atoms with E-state index in [2.05, 4.69) is 25.0 Å². The molecule has 6 nitrogen and oxygen atoms in total. The van der Waals surface area contributed by atoms with Crippen molar-refractivity contribution in [2.24, 2.45) is 0 Å². The molecule has 0 atom stereocenters. The number of hydrogen-bond acceptors (Lipinski definition) is 6. The van der Waals surface area contributed by atoms with Gasteiger partial charge in [-0.25, -0.2) is 4.98 Å². The molecule has 0 N–H and O–H groups in total. The Morgan fingerprint density at radius 1 is 1.08 bits per heavy atom. The molecule has 26 heavy (non-hydrogen) atoms. The minimum Gasteiger partial charge on any atom is -0.439 e. The van der Waals surface area contributed by atoms with Crippen molar-refractivity contribution in [1.29, 1.82) is 0 Å². The summed E-state index contributed by atoms with van der Waals surface area (Å²) in [6.07, 6.45) is -2.75. The van der Waals surface area contributed by atoms with Crippen molar-refractivity contribution in [3.63, 3.8) is 0 Å². The molecule has 1 aliphatic rings. The van der Waals surface area contributed by atoms with Gasteiger partial charge in [-0.2, -0.15) is 18.3 Å². The van der Waals surface area contributed by atoms with Crippen molar-refractivity contribution in [3.8, 4) is 0 Å². The first-order chi connectivity index (χ1) is 12.5. The molecule has 0 bridgehead atoms. The lowest BCUT2D eigenvalue weighted by molar-refractivity contribution is -0.137. The summed E-state index contributed by atoms with van der Waals surface area (Å²) in [7, 11) is 0. The van der Waals surface area contributed by atoms with E-state index in [-0.39, 0.29) is 5.52 Å². The lowest BCUT2D eigenvalue weighted by atomic mass is 10.2. The molecule has 0 saturated carbocycles. The van der Waals surface area contributed by atoms with E-state index in [1.165, 1.54) is 6.07 Å². The lowest BCUT2D eigenvalue weighted by Gasteiger charge is -2.34. The van der Waals surface area contributed by atoms with Gasteiger partial charge in [-0.15, -0.1) is 5.10 Å². The van der Waals surface area contributed by atoms with Crippen molar-refractivity contribution in [2.45, 2.75) is 12.7 Å². The zero-order valence-electron chi connectivity index (χ0n) is 13.8. The fourth-order valence-electron chi connectivity index (χ4n) is 3.01. The summed E-state index contributed by atoms with van der Waals surface area (Å²) in [6.45, 7) is 3.60. The fourth-order valence-corrected chi connectivity index (χ4v) is 3.01.